The summed E-state index contributed by atoms with van der Waals surface area (Å²) >= 11 is 0. The molecule has 1 fully saturated rings. The summed E-state index contributed by atoms with van der Waals surface area (Å²) in [6.45, 7) is 6.76. The molecule has 1 saturated heterocycles. The van der Waals surface area contributed by atoms with E-state index in [2.05, 4.69) is 39.3 Å². The number of carbonyl (C=O) groups is 2. The zero-order chi connectivity index (χ0) is 19.1. The lowest BCUT2D eigenvalue weighted by Gasteiger charge is -2.35. The predicted octanol–water partition coefficient (Wildman–Crippen LogP) is -0.753. The zero-order valence-corrected chi connectivity index (χ0v) is 15.4. The Bertz CT molecular complexity index is 687. The summed E-state index contributed by atoms with van der Waals surface area (Å²) in [6, 6.07) is 0.767. The maximum atomic E-state index is 12.2. The minimum atomic E-state index is -0.437. The second-order valence-electron chi connectivity index (χ2n) is 6.95. The first kappa shape index (κ1) is 19.9. The number of anilines is 1. The molecule has 0 bridgehead atoms. The molecule has 0 aliphatic carbocycles. The number of H-pyrrole nitrogens is 1. The van der Waals surface area contributed by atoms with Gasteiger partial charge in [-0.05, 0) is 18.9 Å². The number of rotatable bonds is 8. The van der Waals surface area contributed by atoms with Crippen LogP contribution in [0.1, 0.15) is 32.5 Å². The molecule has 9 nitrogen and oxygen atoms in total. The van der Waals surface area contributed by atoms with E-state index in [9.17, 15) is 14.4 Å². The Morgan fingerprint density at radius 1 is 1.46 bits per heavy atom. The highest BCUT2D eigenvalue weighted by atomic mass is 16.2. The second kappa shape index (κ2) is 9.33. The molecule has 0 spiro atoms. The van der Waals surface area contributed by atoms with E-state index in [1.807, 2.05) is 0 Å². The van der Waals surface area contributed by atoms with E-state index in [1.165, 1.54) is 6.07 Å². The number of piperazine rings is 1. The summed E-state index contributed by atoms with van der Waals surface area (Å²) in [5, 5.41) is 5.60. The van der Waals surface area contributed by atoms with Crippen molar-refractivity contribution in [3.63, 3.8) is 0 Å². The molecular formula is C17H28N6O3. The van der Waals surface area contributed by atoms with Crippen LogP contribution >= 0.6 is 0 Å². The van der Waals surface area contributed by atoms with E-state index < -0.39 is 6.04 Å². The van der Waals surface area contributed by atoms with Crippen LogP contribution in [-0.2, 0) is 16.0 Å². The van der Waals surface area contributed by atoms with Crippen LogP contribution in [-0.4, -0.2) is 58.9 Å². The molecule has 1 aliphatic rings. The Morgan fingerprint density at radius 2 is 2.23 bits per heavy atom. The minimum absolute atomic E-state index is 0.100. The molecule has 1 aliphatic heterocycles. The van der Waals surface area contributed by atoms with Gasteiger partial charge in [-0.25, -0.2) is 4.98 Å². The number of nitrogen functional groups attached to an aromatic ring is 1. The first-order valence-corrected chi connectivity index (χ1v) is 8.99. The summed E-state index contributed by atoms with van der Waals surface area (Å²) in [5.74, 6) is 0.811. The molecule has 2 amide bonds. The van der Waals surface area contributed by atoms with Crippen molar-refractivity contribution in [2.75, 3.05) is 31.9 Å². The standard InChI is InChI=1S/C17H28N6O3/c1-11(2)4-7-23-8-6-20-17(26)12(23)9-15(24)19-5-3-14-21-13(18)10-16(25)22-14/h10-12H,3-9H2,1-2H3,(H,19,24)(H,20,26)(H3,18,21,22,25)/t12-/m0/s1. The molecule has 0 saturated carbocycles. The number of nitrogens with one attached hydrogen (secondary N) is 3. The average Bonchev–Trinajstić information content (AvgIpc) is 2.54. The van der Waals surface area contributed by atoms with Gasteiger partial charge in [0.15, 0.2) is 0 Å². The molecule has 26 heavy (non-hydrogen) atoms. The van der Waals surface area contributed by atoms with Gasteiger partial charge in [0, 0.05) is 32.1 Å². The summed E-state index contributed by atoms with van der Waals surface area (Å²) in [6.07, 6.45) is 1.46. The van der Waals surface area contributed by atoms with Crippen LogP contribution in [0.2, 0.25) is 0 Å². The molecule has 9 heteroatoms. The SMILES string of the molecule is CC(C)CCN1CCNC(=O)[C@@H]1CC(=O)NCCc1nc(N)cc(=O)[nH]1. The topological polar surface area (TPSA) is 133 Å². The van der Waals surface area contributed by atoms with Crippen molar-refractivity contribution < 1.29 is 9.59 Å². The van der Waals surface area contributed by atoms with E-state index >= 15 is 0 Å². The molecule has 5 N–H and O–H groups in total. The molecule has 0 radical (unpaired) electrons. The van der Waals surface area contributed by atoms with Gasteiger partial charge < -0.3 is 21.4 Å². The number of nitrogens with two attached hydrogens (primary N) is 1. The van der Waals surface area contributed by atoms with Crippen LogP contribution in [0.4, 0.5) is 5.82 Å². The monoisotopic (exact) mass is 364 g/mol. The number of carbonyl (C=O) groups excluding carboxylic acids is 2. The van der Waals surface area contributed by atoms with Gasteiger partial charge in [-0.15, -0.1) is 0 Å². The number of amides is 2. The Labute approximate surface area is 152 Å². The highest BCUT2D eigenvalue weighted by Crippen LogP contribution is 2.12. The smallest absolute Gasteiger partial charge is 0.252 e. The molecule has 0 aromatic carbocycles. The van der Waals surface area contributed by atoms with E-state index in [0.717, 1.165) is 19.5 Å². The highest BCUT2D eigenvalue weighted by molar-refractivity contribution is 5.88. The minimum Gasteiger partial charge on any atom is -0.383 e. The summed E-state index contributed by atoms with van der Waals surface area (Å²) in [4.78, 5) is 44.4. The van der Waals surface area contributed by atoms with Crippen molar-refractivity contribution in [3.05, 3.63) is 22.2 Å². The quantitative estimate of drug-likeness (QED) is 0.479. The highest BCUT2D eigenvalue weighted by Gasteiger charge is 2.31. The van der Waals surface area contributed by atoms with Gasteiger partial charge in [0.05, 0.1) is 12.5 Å². The van der Waals surface area contributed by atoms with Gasteiger partial charge in [-0.3, -0.25) is 19.3 Å². The van der Waals surface area contributed by atoms with Crippen molar-refractivity contribution in [2.45, 2.75) is 39.2 Å². The van der Waals surface area contributed by atoms with Gasteiger partial charge in [-0.1, -0.05) is 13.8 Å². The van der Waals surface area contributed by atoms with Crippen molar-refractivity contribution in [1.82, 2.24) is 25.5 Å². The van der Waals surface area contributed by atoms with E-state index in [-0.39, 0.29) is 29.6 Å². The molecule has 144 valence electrons. The van der Waals surface area contributed by atoms with Crippen molar-refractivity contribution in [1.29, 1.82) is 0 Å². The third-order valence-corrected chi connectivity index (χ3v) is 4.31. The van der Waals surface area contributed by atoms with Gasteiger partial charge in [0.25, 0.3) is 5.56 Å². The number of hydrogen-bond donors (Lipinski definition) is 4. The number of nitrogens with zero attached hydrogens (tertiary/aromatic N) is 2. The number of hydrogen-bond acceptors (Lipinski definition) is 6. The molecule has 2 rings (SSSR count). The maximum Gasteiger partial charge on any atom is 0.252 e. The lowest BCUT2D eigenvalue weighted by molar-refractivity contribution is -0.134. The lowest BCUT2D eigenvalue weighted by Crippen LogP contribution is -2.56. The molecule has 0 unspecified atom stereocenters. The van der Waals surface area contributed by atoms with Crippen LogP contribution < -0.4 is 21.9 Å². The van der Waals surface area contributed by atoms with Crippen LogP contribution in [0.25, 0.3) is 0 Å². The van der Waals surface area contributed by atoms with E-state index in [0.29, 0.717) is 31.3 Å². The summed E-state index contributed by atoms with van der Waals surface area (Å²) < 4.78 is 0. The van der Waals surface area contributed by atoms with Gasteiger partial charge in [0.2, 0.25) is 11.8 Å². The third kappa shape index (κ3) is 6.14. The van der Waals surface area contributed by atoms with Crippen LogP contribution in [0.15, 0.2) is 10.9 Å². The Balaban J connectivity index is 1.84. The van der Waals surface area contributed by atoms with E-state index in [4.69, 9.17) is 5.73 Å². The first-order valence-electron chi connectivity index (χ1n) is 8.99. The number of aromatic nitrogens is 2. The van der Waals surface area contributed by atoms with Crippen LogP contribution in [0.3, 0.4) is 0 Å². The molecular weight excluding hydrogens is 336 g/mol. The summed E-state index contributed by atoms with van der Waals surface area (Å²) in [7, 11) is 0. The molecule has 1 aromatic rings. The average molecular weight is 364 g/mol. The summed E-state index contributed by atoms with van der Waals surface area (Å²) in [5.41, 5.74) is 5.21. The van der Waals surface area contributed by atoms with Crippen molar-refractivity contribution in [3.8, 4) is 0 Å². The predicted molar refractivity (Wildman–Crippen MR) is 98.4 cm³/mol. The van der Waals surface area contributed by atoms with Gasteiger partial charge in [-0.2, -0.15) is 0 Å². The Kier molecular flexibility index (Phi) is 7.14. The molecule has 1 aromatic heterocycles. The largest absolute Gasteiger partial charge is 0.383 e. The van der Waals surface area contributed by atoms with Crippen molar-refractivity contribution in [2.24, 2.45) is 5.92 Å². The zero-order valence-electron chi connectivity index (χ0n) is 15.4. The fourth-order valence-corrected chi connectivity index (χ4v) is 2.89. The van der Waals surface area contributed by atoms with Crippen molar-refractivity contribution >= 4 is 17.6 Å². The maximum absolute atomic E-state index is 12.2. The van der Waals surface area contributed by atoms with Gasteiger partial charge >= 0.3 is 0 Å². The Morgan fingerprint density at radius 3 is 2.92 bits per heavy atom. The molecule has 2 heterocycles. The van der Waals surface area contributed by atoms with E-state index in [1.54, 1.807) is 0 Å². The number of aromatic amines is 1. The lowest BCUT2D eigenvalue weighted by atomic mass is 10.1. The molecule has 1 atom stereocenters. The second-order valence-corrected chi connectivity index (χ2v) is 6.95. The third-order valence-electron chi connectivity index (χ3n) is 4.31. The fraction of sp³-hybridized carbons (Fsp3) is 0.647. The van der Waals surface area contributed by atoms with Crippen LogP contribution in [0.5, 0.6) is 0 Å². The van der Waals surface area contributed by atoms with Gasteiger partial charge in [0.1, 0.15) is 11.6 Å². The van der Waals surface area contributed by atoms with Crippen LogP contribution in [0, 0.1) is 5.92 Å². The Hall–Kier alpha value is -2.42. The first-order chi connectivity index (χ1) is 12.3. The fourth-order valence-electron chi connectivity index (χ4n) is 2.89. The normalized spacial score (nSPS) is 18.0.